The average molecular weight is 399 g/mol. The predicted octanol–water partition coefficient (Wildman–Crippen LogP) is 0.854. The molecule has 3 rings (SSSR count). The topological polar surface area (TPSA) is 78.8 Å². The normalized spacial score (nSPS) is 20.2. The van der Waals surface area contributed by atoms with Gasteiger partial charge in [0.25, 0.3) is 4.84 Å². The minimum Gasteiger partial charge on any atom is -0.497 e. The van der Waals surface area contributed by atoms with Gasteiger partial charge in [0, 0.05) is 6.42 Å². The van der Waals surface area contributed by atoms with Crippen molar-refractivity contribution in [2.45, 2.75) is 32.5 Å². The fourth-order valence-corrected chi connectivity index (χ4v) is 5.30. The molecule has 1 fully saturated rings. The van der Waals surface area contributed by atoms with E-state index in [2.05, 4.69) is 5.10 Å². The van der Waals surface area contributed by atoms with E-state index < -0.39 is 9.84 Å². The number of methoxy groups -OCH3 is 1. The molecule has 0 saturated carbocycles. The number of hydrogen-bond acceptors (Lipinski definition) is 6. The van der Waals surface area contributed by atoms with Crippen LogP contribution in [0.3, 0.4) is 0 Å². The summed E-state index contributed by atoms with van der Waals surface area (Å²) in [6.07, 6.45) is 1.23. The highest BCUT2D eigenvalue weighted by atomic mass is 32.2. The van der Waals surface area contributed by atoms with E-state index in [4.69, 9.17) is 21.4 Å². The molecule has 2 heterocycles. The number of nitrogens with one attached hydrogen (secondary N) is 1. The monoisotopic (exact) mass is 398 g/mol. The van der Waals surface area contributed by atoms with Crippen LogP contribution in [0.5, 0.6) is 5.75 Å². The van der Waals surface area contributed by atoms with Crippen LogP contribution >= 0.6 is 12.2 Å². The summed E-state index contributed by atoms with van der Waals surface area (Å²) in [4.78, 5) is 1.48. The second kappa shape index (κ2) is 7.89. The molecule has 7 nitrogen and oxygen atoms in total. The van der Waals surface area contributed by atoms with Gasteiger partial charge in [-0.25, -0.2) is 8.42 Å². The van der Waals surface area contributed by atoms with Crippen molar-refractivity contribution in [3.8, 4) is 5.75 Å². The van der Waals surface area contributed by atoms with Crippen molar-refractivity contribution < 1.29 is 22.5 Å². The number of quaternary nitrogens is 1. The largest absolute Gasteiger partial charge is 0.497 e. The second-order valence-electron chi connectivity index (χ2n) is 6.56. The lowest BCUT2D eigenvalue weighted by molar-refractivity contribution is -0.943. The number of nitrogens with zero attached hydrogens (tertiary/aromatic N) is 2. The zero-order valence-electron chi connectivity index (χ0n) is 15.0. The number of sulfone groups is 1. The zero-order chi connectivity index (χ0) is 18.7. The molecule has 0 spiro atoms. The van der Waals surface area contributed by atoms with Crippen LogP contribution in [0.15, 0.2) is 28.7 Å². The van der Waals surface area contributed by atoms with Crippen molar-refractivity contribution in [2.75, 3.05) is 25.2 Å². The molecule has 26 heavy (non-hydrogen) atoms. The van der Waals surface area contributed by atoms with Crippen molar-refractivity contribution in [1.82, 2.24) is 9.78 Å². The van der Waals surface area contributed by atoms with Gasteiger partial charge in [-0.15, -0.1) is 5.10 Å². The van der Waals surface area contributed by atoms with Crippen LogP contribution in [0.25, 0.3) is 0 Å². The third-order valence-corrected chi connectivity index (χ3v) is 6.84. The van der Waals surface area contributed by atoms with Gasteiger partial charge in [0.1, 0.15) is 17.5 Å². The van der Waals surface area contributed by atoms with Gasteiger partial charge in [-0.3, -0.25) is 0 Å². The summed E-state index contributed by atoms with van der Waals surface area (Å²) in [5, 5.41) is 4.49. The molecule has 1 aliphatic rings. The molecule has 0 amide bonds. The van der Waals surface area contributed by atoms with Crippen LogP contribution in [-0.2, 0) is 22.9 Å². The molecular formula is C17H24N3O4S2+. The highest BCUT2D eigenvalue weighted by molar-refractivity contribution is 7.91. The Kier molecular flexibility index (Phi) is 5.79. The third kappa shape index (κ3) is 4.52. The first kappa shape index (κ1) is 19.1. The Labute approximate surface area is 158 Å². The lowest BCUT2D eigenvalue weighted by Crippen LogP contribution is -3.15. The highest BCUT2D eigenvalue weighted by Gasteiger charge is 2.35. The summed E-state index contributed by atoms with van der Waals surface area (Å²) < 4.78 is 35.9. The molecule has 1 aliphatic heterocycles. The van der Waals surface area contributed by atoms with Crippen molar-refractivity contribution in [1.29, 1.82) is 0 Å². The lowest BCUT2D eigenvalue weighted by Gasteiger charge is -2.22. The predicted molar refractivity (Wildman–Crippen MR) is 99.7 cm³/mol. The van der Waals surface area contributed by atoms with E-state index in [-0.39, 0.29) is 17.5 Å². The van der Waals surface area contributed by atoms with Gasteiger partial charge in [-0.2, -0.15) is 4.68 Å². The van der Waals surface area contributed by atoms with Crippen molar-refractivity contribution >= 4 is 22.1 Å². The number of rotatable bonds is 7. The summed E-state index contributed by atoms with van der Waals surface area (Å²) in [5.74, 6) is 1.86. The molecule has 2 atom stereocenters. The number of benzene rings is 1. The molecule has 1 N–H and O–H groups in total. The zero-order valence-corrected chi connectivity index (χ0v) is 16.6. The molecule has 0 bridgehead atoms. The molecule has 9 heteroatoms. The second-order valence-corrected chi connectivity index (χ2v) is 9.13. The summed E-state index contributed by atoms with van der Waals surface area (Å²) in [6.45, 7) is 3.37. The van der Waals surface area contributed by atoms with Gasteiger partial charge < -0.3 is 14.1 Å². The van der Waals surface area contributed by atoms with E-state index in [0.29, 0.717) is 30.2 Å². The molecular weight excluding hydrogens is 374 g/mol. The molecule has 1 unspecified atom stereocenters. The maximum atomic E-state index is 11.7. The van der Waals surface area contributed by atoms with Crippen LogP contribution in [0.1, 0.15) is 24.8 Å². The summed E-state index contributed by atoms with van der Waals surface area (Å²) in [7, 11) is -1.27. The Morgan fingerprint density at radius 3 is 2.69 bits per heavy atom. The van der Waals surface area contributed by atoms with Gasteiger partial charge in [-0.1, -0.05) is 12.1 Å². The van der Waals surface area contributed by atoms with E-state index in [1.54, 1.807) is 11.8 Å². The Bertz CT molecular complexity index is 903. The summed E-state index contributed by atoms with van der Waals surface area (Å²) in [5.41, 5.74) is 1.05. The Morgan fingerprint density at radius 2 is 2.12 bits per heavy atom. The van der Waals surface area contributed by atoms with Crippen molar-refractivity contribution in [3.05, 3.63) is 40.6 Å². The van der Waals surface area contributed by atoms with Crippen LogP contribution < -0.4 is 9.64 Å². The van der Waals surface area contributed by atoms with Gasteiger partial charge in [-0.05, 0) is 36.8 Å². The fraction of sp³-hybridized carbons (Fsp3) is 0.529. The van der Waals surface area contributed by atoms with Gasteiger partial charge in [0.05, 0.1) is 25.8 Å². The van der Waals surface area contributed by atoms with Crippen LogP contribution in [0.2, 0.25) is 0 Å². The molecule has 0 radical (unpaired) electrons. The van der Waals surface area contributed by atoms with Gasteiger partial charge in [0.15, 0.2) is 16.5 Å². The standard InChI is InChI=1S/C17H23N3O4S2/c1-3-19(14-8-9-26(21,22)11-14)12-20-17(25)24-16(18-20)10-13-4-6-15(23-2)7-5-13/h4-7,14H,3,8-12H2,1-2H3/p+1/t14-/m1/s1. The number of ether oxygens (including phenoxy) is 1. The third-order valence-electron chi connectivity index (χ3n) is 4.78. The Hall–Kier alpha value is -1.71. The smallest absolute Gasteiger partial charge is 0.291 e. The molecule has 142 valence electrons. The summed E-state index contributed by atoms with van der Waals surface area (Å²) in [6, 6.07) is 7.80. The first-order chi connectivity index (χ1) is 12.4. The van der Waals surface area contributed by atoms with E-state index in [9.17, 15) is 8.42 Å². The van der Waals surface area contributed by atoms with Crippen LogP contribution in [0, 0.1) is 4.84 Å². The summed E-state index contributed by atoms with van der Waals surface area (Å²) >= 11 is 5.30. The molecule has 1 aromatic carbocycles. The van der Waals surface area contributed by atoms with E-state index in [1.165, 1.54) is 0 Å². The molecule has 0 aliphatic carbocycles. The molecule has 1 saturated heterocycles. The maximum absolute atomic E-state index is 11.7. The minimum absolute atomic E-state index is 0.0913. The molecule has 1 aromatic heterocycles. The van der Waals surface area contributed by atoms with Gasteiger partial charge in [0.2, 0.25) is 5.89 Å². The molecule has 2 aromatic rings. The average Bonchev–Trinajstić information content (AvgIpc) is 3.15. The van der Waals surface area contributed by atoms with Crippen LogP contribution in [-0.4, -0.2) is 49.4 Å². The lowest BCUT2D eigenvalue weighted by atomic mass is 10.1. The maximum Gasteiger partial charge on any atom is 0.291 e. The van der Waals surface area contributed by atoms with E-state index in [0.717, 1.165) is 22.8 Å². The Morgan fingerprint density at radius 1 is 1.38 bits per heavy atom. The first-order valence-electron chi connectivity index (χ1n) is 8.65. The number of hydrogen-bond donors (Lipinski definition) is 1. The quantitative estimate of drug-likeness (QED) is 0.697. The van der Waals surface area contributed by atoms with Crippen molar-refractivity contribution in [3.63, 3.8) is 0 Å². The Balaban J connectivity index is 1.69. The minimum atomic E-state index is -2.90. The van der Waals surface area contributed by atoms with E-state index in [1.807, 2.05) is 31.2 Å². The van der Waals surface area contributed by atoms with Gasteiger partial charge >= 0.3 is 0 Å². The SMILES string of the molecule is CC[NH+](Cn1nc(Cc2ccc(OC)cc2)oc1=S)[C@@H]1CCS(=O)(=O)C1. The number of aromatic nitrogens is 2. The first-order valence-corrected chi connectivity index (χ1v) is 10.9. The van der Waals surface area contributed by atoms with Crippen LogP contribution in [0.4, 0.5) is 0 Å². The van der Waals surface area contributed by atoms with Crippen molar-refractivity contribution in [2.24, 2.45) is 0 Å². The van der Waals surface area contributed by atoms with E-state index >= 15 is 0 Å². The highest BCUT2D eigenvalue weighted by Crippen LogP contribution is 2.14. The fourth-order valence-electron chi connectivity index (χ4n) is 3.28.